The van der Waals surface area contributed by atoms with Crippen molar-refractivity contribution in [2.24, 2.45) is 5.41 Å². The predicted molar refractivity (Wildman–Crippen MR) is 87.5 cm³/mol. The van der Waals surface area contributed by atoms with Crippen LogP contribution in [0.2, 0.25) is 10.0 Å². The zero-order valence-electron chi connectivity index (χ0n) is 11.9. The zero-order chi connectivity index (χ0) is 15.6. The van der Waals surface area contributed by atoms with E-state index >= 15 is 0 Å². The largest absolute Gasteiger partial charge is 0.296 e. The van der Waals surface area contributed by atoms with Crippen molar-refractivity contribution in [1.82, 2.24) is 10.2 Å². The highest BCUT2D eigenvalue weighted by atomic mass is 35.5. The molecule has 4 nitrogen and oxygen atoms in total. The molecule has 0 aliphatic rings. The highest BCUT2D eigenvalue weighted by Crippen LogP contribution is 2.27. The van der Waals surface area contributed by atoms with Crippen LogP contribution in [0.25, 0.3) is 0 Å². The van der Waals surface area contributed by atoms with E-state index < -0.39 is 0 Å². The van der Waals surface area contributed by atoms with Crippen molar-refractivity contribution in [2.45, 2.75) is 27.2 Å². The van der Waals surface area contributed by atoms with E-state index in [-0.39, 0.29) is 16.9 Å². The van der Waals surface area contributed by atoms with E-state index in [1.165, 1.54) is 11.3 Å². The molecule has 1 heterocycles. The summed E-state index contributed by atoms with van der Waals surface area (Å²) in [6.45, 7) is 6.36. The predicted octanol–water partition coefficient (Wildman–Crippen LogP) is 4.69. The molecule has 0 spiro atoms. The standard InChI is InChI=1S/C14H15Cl2N3OS/c1-14(2,3)7-10-18-19-13(21-10)17-12(20)11-8(15)5-4-6-9(11)16/h4-6H,7H2,1-3H3,(H,17,19,20). The number of rotatable bonds is 3. The number of hydrogen-bond donors (Lipinski definition) is 1. The van der Waals surface area contributed by atoms with E-state index in [0.29, 0.717) is 15.2 Å². The van der Waals surface area contributed by atoms with Crippen molar-refractivity contribution in [3.05, 3.63) is 38.8 Å². The minimum atomic E-state index is -0.385. The van der Waals surface area contributed by atoms with Gasteiger partial charge >= 0.3 is 0 Å². The average Bonchev–Trinajstić information content (AvgIpc) is 2.73. The van der Waals surface area contributed by atoms with Crippen molar-refractivity contribution in [2.75, 3.05) is 5.32 Å². The summed E-state index contributed by atoms with van der Waals surface area (Å²) in [7, 11) is 0. The Morgan fingerprint density at radius 2 is 1.86 bits per heavy atom. The van der Waals surface area contributed by atoms with E-state index in [9.17, 15) is 4.79 Å². The summed E-state index contributed by atoms with van der Waals surface area (Å²) < 4.78 is 0. The second-order valence-electron chi connectivity index (χ2n) is 5.79. The summed E-state index contributed by atoms with van der Waals surface area (Å²) >= 11 is 13.4. The molecule has 0 aliphatic carbocycles. The fourth-order valence-electron chi connectivity index (χ4n) is 1.70. The number of nitrogens with zero attached hydrogens (tertiary/aromatic N) is 2. The number of anilines is 1. The van der Waals surface area contributed by atoms with Crippen LogP contribution in [0.5, 0.6) is 0 Å². The summed E-state index contributed by atoms with van der Waals surface area (Å²) in [5.74, 6) is -0.385. The molecule has 0 atom stereocenters. The smallest absolute Gasteiger partial charge is 0.260 e. The first-order chi connectivity index (χ1) is 9.76. The van der Waals surface area contributed by atoms with Gasteiger partial charge in [-0.15, -0.1) is 10.2 Å². The molecule has 1 aromatic carbocycles. The van der Waals surface area contributed by atoms with E-state index in [2.05, 4.69) is 36.3 Å². The van der Waals surface area contributed by atoms with Gasteiger partial charge in [-0.05, 0) is 17.5 Å². The molecular weight excluding hydrogens is 329 g/mol. The maximum atomic E-state index is 12.2. The number of carbonyl (C=O) groups is 1. The fourth-order valence-corrected chi connectivity index (χ4v) is 3.31. The van der Waals surface area contributed by atoms with Gasteiger partial charge in [-0.2, -0.15) is 0 Å². The average molecular weight is 344 g/mol. The monoisotopic (exact) mass is 343 g/mol. The van der Waals surface area contributed by atoms with Gasteiger partial charge in [0.05, 0.1) is 15.6 Å². The van der Waals surface area contributed by atoms with Crippen LogP contribution in [0.3, 0.4) is 0 Å². The van der Waals surface area contributed by atoms with Crippen LogP contribution in [0.4, 0.5) is 5.13 Å². The molecule has 7 heteroatoms. The first-order valence-corrected chi connectivity index (χ1v) is 7.91. The van der Waals surface area contributed by atoms with Crippen molar-refractivity contribution >= 4 is 45.6 Å². The van der Waals surface area contributed by atoms with E-state index in [0.717, 1.165) is 11.4 Å². The Morgan fingerprint density at radius 1 is 1.24 bits per heavy atom. The Morgan fingerprint density at radius 3 is 2.43 bits per heavy atom. The molecule has 0 saturated heterocycles. The summed E-state index contributed by atoms with van der Waals surface area (Å²) in [5, 5.41) is 12.7. The molecule has 2 rings (SSSR count). The van der Waals surface area contributed by atoms with Gasteiger partial charge in [-0.3, -0.25) is 10.1 Å². The van der Waals surface area contributed by atoms with Crippen molar-refractivity contribution in [3.63, 3.8) is 0 Å². The summed E-state index contributed by atoms with van der Waals surface area (Å²) in [4.78, 5) is 12.2. The minimum Gasteiger partial charge on any atom is -0.296 e. The number of benzene rings is 1. The first kappa shape index (κ1) is 16.2. The summed E-state index contributed by atoms with van der Waals surface area (Å²) in [5.41, 5.74) is 0.362. The Balaban J connectivity index is 2.14. The van der Waals surface area contributed by atoms with Crippen LogP contribution in [0, 0.1) is 5.41 Å². The number of amides is 1. The molecule has 0 aliphatic heterocycles. The van der Waals surface area contributed by atoms with Gasteiger partial charge in [0.2, 0.25) is 5.13 Å². The number of halogens is 2. The first-order valence-electron chi connectivity index (χ1n) is 6.34. The summed E-state index contributed by atoms with van der Waals surface area (Å²) in [6, 6.07) is 4.93. The number of nitrogens with one attached hydrogen (secondary N) is 1. The van der Waals surface area contributed by atoms with Gasteiger partial charge in [0.15, 0.2) is 0 Å². The van der Waals surface area contributed by atoms with Crippen molar-refractivity contribution < 1.29 is 4.79 Å². The third-order valence-electron chi connectivity index (χ3n) is 2.56. The molecule has 1 N–H and O–H groups in total. The lowest BCUT2D eigenvalue weighted by atomic mass is 9.93. The van der Waals surface area contributed by atoms with Crippen LogP contribution in [-0.4, -0.2) is 16.1 Å². The van der Waals surface area contributed by atoms with Gasteiger partial charge in [0.25, 0.3) is 5.91 Å². The normalized spacial score (nSPS) is 11.5. The van der Waals surface area contributed by atoms with Crippen LogP contribution in [0.1, 0.15) is 36.1 Å². The Bertz CT molecular complexity index is 644. The van der Waals surface area contributed by atoms with E-state index in [4.69, 9.17) is 23.2 Å². The fraction of sp³-hybridized carbons (Fsp3) is 0.357. The molecule has 0 bridgehead atoms. The second kappa shape index (κ2) is 6.30. The molecule has 21 heavy (non-hydrogen) atoms. The lowest BCUT2D eigenvalue weighted by Crippen LogP contribution is -2.12. The lowest BCUT2D eigenvalue weighted by Gasteiger charge is -2.14. The van der Waals surface area contributed by atoms with Gasteiger partial charge in [-0.25, -0.2) is 0 Å². The highest BCUT2D eigenvalue weighted by Gasteiger charge is 2.18. The molecule has 0 fully saturated rings. The molecule has 112 valence electrons. The molecule has 0 saturated carbocycles. The SMILES string of the molecule is CC(C)(C)Cc1nnc(NC(=O)c2c(Cl)cccc2Cl)s1. The van der Waals surface area contributed by atoms with Gasteiger partial charge in [-0.1, -0.05) is 61.4 Å². The second-order valence-corrected chi connectivity index (χ2v) is 7.67. The van der Waals surface area contributed by atoms with Crippen LogP contribution in [-0.2, 0) is 6.42 Å². The quantitative estimate of drug-likeness (QED) is 0.879. The Hall–Kier alpha value is -1.17. The van der Waals surface area contributed by atoms with Crippen molar-refractivity contribution in [3.8, 4) is 0 Å². The van der Waals surface area contributed by atoms with Gasteiger partial charge in [0.1, 0.15) is 5.01 Å². The van der Waals surface area contributed by atoms with Crippen molar-refractivity contribution in [1.29, 1.82) is 0 Å². The Kier molecular flexibility index (Phi) is 4.86. The van der Waals surface area contributed by atoms with Crippen LogP contribution < -0.4 is 5.32 Å². The third-order valence-corrected chi connectivity index (χ3v) is 4.03. The van der Waals surface area contributed by atoms with Gasteiger partial charge in [0, 0.05) is 6.42 Å². The zero-order valence-corrected chi connectivity index (χ0v) is 14.2. The minimum absolute atomic E-state index is 0.118. The van der Waals surface area contributed by atoms with E-state index in [1.807, 2.05) is 0 Å². The molecule has 2 aromatic rings. The number of carbonyl (C=O) groups excluding carboxylic acids is 1. The number of hydrogen-bond acceptors (Lipinski definition) is 4. The molecule has 0 radical (unpaired) electrons. The molecule has 1 aromatic heterocycles. The maximum absolute atomic E-state index is 12.2. The lowest BCUT2D eigenvalue weighted by molar-refractivity contribution is 0.102. The topological polar surface area (TPSA) is 54.9 Å². The van der Waals surface area contributed by atoms with E-state index in [1.54, 1.807) is 18.2 Å². The van der Waals surface area contributed by atoms with Crippen LogP contribution in [0.15, 0.2) is 18.2 Å². The Labute approximate surface area is 137 Å². The summed E-state index contributed by atoms with van der Waals surface area (Å²) in [6.07, 6.45) is 0.799. The van der Waals surface area contributed by atoms with Crippen LogP contribution >= 0.6 is 34.5 Å². The highest BCUT2D eigenvalue weighted by molar-refractivity contribution is 7.15. The molecular formula is C14H15Cl2N3OS. The van der Waals surface area contributed by atoms with Gasteiger partial charge < -0.3 is 0 Å². The number of aromatic nitrogens is 2. The molecule has 0 unspecified atom stereocenters. The maximum Gasteiger partial charge on any atom is 0.260 e. The molecule has 1 amide bonds. The third kappa shape index (κ3) is 4.40.